The van der Waals surface area contributed by atoms with Crippen molar-refractivity contribution in [2.24, 2.45) is 10.7 Å². The van der Waals surface area contributed by atoms with Gasteiger partial charge in [0.1, 0.15) is 6.54 Å². The monoisotopic (exact) mass is 314 g/mol. The van der Waals surface area contributed by atoms with Crippen molar-refractivity contribution < 1.29 is 18.3 Å². The zero-order valence-electron chi connectivity index (χ0n) is 12.4. The first kappa shape index (κ1) is 17.8. The van der Waals surface area contributed by atoms with Crippen LogP contribution in [0.25, 0.3) is 0 Å². The van der Waals surface area contributed by atoms with Gasteiger partial charge in [-0.1, -0.05) is 0 Å². The summed E-state index contributed by atoms with van der Waals surface area (Å²) in [5.41, 5.74) is 5.74. The summed E-state index contributed by atoms with van der Waals surface area (Å²) < 4.78 is 30.9. The highest BCUT2D eigenvalue weighted by Crippen LogP contribution is 2.12. The van der Waals surface area contributed by atoms with E-state index in [-0.39, 0.29) is 18.2 Å². The number of benzene rings is 1. The third-order valence-electron chi connectivity index (χ3n) is 2.57. The fourth-order valence-corrected chi connectivity index (χ4v) is 1.52. The number of anilines is 1. The number of ether oxygens (including phenoxy) is 1. The van der Waals surface area contributed by atoms with Gasteiger partial charge < -0.3 is 21.1 Å². The summed E-state index contributed by atoms with van der Waals surface area (Å²) in [6.07, 6.45) is 0.769. The summed E-state index contributed by atoms with van der Waals surface area (Å²) in [5, 5.41) is 5.23. The highest BCUT2D eigenvalue weighted by molar-refractivity contribution is 5.93. The van der Waals surface area contributed by atoms with Crippen molar-refractivity contribution in [1.29, 1.82) is 0 Å². The highest BCUT2D eigenvalue weighted by atomic mass is 19.2. The third-order valence-corrected chi connectivity index (χ3v) is 2.57. The molecular weight excluding hydrogens is 294 g/mol. The first-order valence-corrected chi connectivity index (χ1v) is 6.89. The van der Waals surface area contributed by atoms with E-state index >= 15 is 0 Å². The molecule has 0 atom stereocenters. The van der Waals surface area contributed by atoms with E-state index < -0.39 is 17.5 Å². The number of hydrogen-bond acceptors (Lipinski definition) is 3. The Labute approximate surface area is 127 Å². The van der Waals surface area contributed by atoms with E-state index in [9.17, 15) is 13.6 Å². The first-order chi connectivity index (χ1) is 10.5. The van der Waals surface area contributed by atoms with Crippen LogP contribution in [-0.4, -0.2) is 38.2 Å². The molecular formula is C14H20F2N4O2. The van der Waals surface area contributed by atoms with Gasteiger partial charge in [0.25, 0.3) is 0 Å². The van der Waals surface area contributed by atoms with E-state index in [0.29, 0.717) is 19.8 Å². The van der Waals surface area contributed by atoms with Crippen molar-refractivity contribution in [2.45, 2.75) is 13.3 Å². The fourth-order valence-electron chi connectivity index (χ4n) is 1.52. The second-order valence-corrected chi connectivity index (χ2v) is 4.36. The largest absolute Gasteiger partial charge is 0.382 e. The number of amides is 1. The lowest BCUT2D eigenvalue weighted by Gasteiger charge is -2.06. The normalized spacial score (nSPS) is 11.3. The molecule has 0 aliphatic carbocycles. The number of halogens is 2. The number of nitrogens with one attached hydrogen (secondary N) is 2. The molecule has 0 fully saturated rings. The Balaban J connectivity index is 2.31. The molecule has 0 aliphatic rings. The van der Waals surface area contributed by atoms with Crippen LogP contribution in [0.3, 0.4) is 0 Å². The van der Waals surface area contributed by atoms with Crippen LogP contribution in [0.2, 0.25) is 0 Å². The van der Waals surface area contributed by atoms with E-state index in [4.69, 9.17) is 10.5 Å². The average molecular weight is 314 g/mol. The van der Waals surface area contributed by atoms with Crippen molar-refractivity contribution in [3.63, 3.8) is 0 Å². The van der Waals surface area contributed by atoms with Crippen LogP contribution in [0.1, 0.15) is 13.3 Å². The molecule has 22 heavy (non-hydrogen) atoms. The Morgan fingerprint density at radius 3 is 2.82 bits per heavy atom. The third kappa shape index (κ3) is 6.98. The van der Waals surface area contributed by atoms with Gasteiger partial charge in [-0.2, -0.15) is 0 Å². The minimum absolute atomic E-state index is 0.136. The fraction of sp³-hybridized carbons (Fsp3) is 0.429. The molecule has 0 heterocycles. The predicted octanol–water partition coefficient (Wildman–Crippen LogP) is 1.23. The van der Waals surface area contributed by atoms with Crippen LogP contribution in [0.4, 0.5) is 14.5 Å². The number of nitrogens with two attached hydrogens (primary N) is 1. The number of carbonyl (C=O) groups is 1. The molecule has 0 unspecified atom stereocenters. The Hall–Kier alpha value is -2.22. The van der Waals surface area contributed by atoms with Gasteiger partial charge in [-0.15, -0.1) is 0 Å². The van der Waals surface area contributed by atoms with Crippen LogP contribution in [0.5, 0.6) is 0 Å². The van der Waals surface area contributed by atoms with Crippen LogP contribution in [-0.2, 0) is 9.53 Å². The van der Waals surface area contributed by atoms with Gasteiger partial charge in [-0.25, -0.2) is 13.8 Å². The molecule has 0 radical (unpaired) electrons. The second-order valence-electron chi connectivity index (χ2n) is 4.36. The first-order valence-electron chi connectivity index (χ1n) is 6.89. The lowest BCUT2D eigenvalue weighted by Crippen LogP contribution is -2.34. The van der Waals surface area contributed by atoms with Gasteiger partial charge in [-0.3, -0.25) is 4.79 Å². The van der Waals surface area contributed by atoms with Crippen molar-refractivity contribution >= 4 is 17.6 Å². The highest BCUT2D eigenvalue weighted by Gasteiger charge is 2.05. The molecule has 0 bridgehead atoms. The summed E-state index contributed by atoms with van der Waals surface area (Å²) in [6, 6.07) is 3.09. The van der Waals surface area contributed by atoms with Crippen molar-refractivity contribution in [1.82, 2.24) is 5.32 Å². The minimum Gasteiger partial charge on any atom is -0.382 e. The summed E-state index contributed by atoms with van der Waals surface area (Å²) >= 11 is 0. The number of carbonyl (C=O) groups excluding carboxylic acids is 1. The zero-order chi connectivity index (χ0) is 16.4. The maximum atomic E-state index is 13.0. The van der Waals surface area contributed by atoms with Gasteiger partial charge >= 0.3 is 0 Å². The molecule has 0 spiro atoms. The van der Waals surface area contributed by atoms with E-state index in [1.54, 1.807) is 0 Å². The average Bonchev–Trinajstić information content (AvgIpc) is 2.49. The van der Waals surface area contributed by atoms with Crippen molar-refractivity contribution in [3.8, 4) is 0 Å². The Morgan fingerprint density at radius 2 is 2.14 bits per heavy atom. The van der Waals surface area contributed by atoms with E-state index in [1.807, 2.05) is 6.92 Å². The molecule has 1 amide bonds. The quantitative estimate of drug-likeness (QED) is 0.382. The maximum absolute atomic E-state index is 13.0. The molecule has 4 N–H and O–H groups in total. The molecule has 8 heteroatoms. The SMILES string of the molecule is CCOCCCNC(N)=NCC(=O)Nc1ccc(F)c(F)c1. The van der Waals surface area contributed by atoms with Crippen LogP contribution in [0.15, 0.2) is 23.2 Å². The molecule has 1 aromatic carbocycles. The van der Waals surface area contributed by atoms with Gasteiger partial charge in [0.15, 0.2) is 17.6 Å². The number of aliphatic imine (C=N–C) groups is 1. The summed E-state index contributed by atoms with van der Waals surface area (Å²) in [7, 11) is 0. The topological polar surface area (TPSA) is 88.7 Å². The second kappa shape index (κ2) is 9.67. The molecule has 6 nitrogen and oxygen atoms in total. The maximum Gasteiger partial charge on any atom is 0.246 e. The van der Waals surface area contributed by atoms with E-state index in [0.717, 1.165) is 18.6 Å². The smallest absolute Gasteiger partial charge is 0.246 e. The van der Waals surface area contributed by atoms with Crippen molar-refractivity contribution in [3.05, 3.63) is 29.8 Å². The molecule has 1 rings (SSSR count). The van der Waals surface area contributed by atoms with Crippen molar-refractivity contribution in [2.75, 3.05) is 31.6 Å². The zero-order valence-corrected chi connectivity index (χ0v) is 12.4. The van der Waals surface area contributed by atoms with Gasteiger partial charge in [0.2, 0.25) is 5.91 Å². The summed E-state index contributed by atoms with van der Waals surface area (Å²) in [6.45, 7) is 3.55. The minimum atomic E-state index is -1.03. The van der Waals surface area contributed by atoms with Crippen LogP contribution in [0, 0.1) is 11.6 Å². The van der Waals surface area contributed by atoms with Crippen LogP contribution < -0.4 is 16.4 Å². The number of nitrogens with zero attached hydrogens (tertiary/aromatic N) is 1. The molecule has 0 aliphatic heterocycles. The number of rotatable bonds is 8. The van der Waals surface area contributed by atoms with Gasteiger partial charge in [-0.05, 0) is 25.5 Å². The summed E-state index contributed by atoms with van der Waals surface area (Å²) in [5.74, 6) is -2.35. The Bertz CT molecular complexity index is 524. The molecule has 0 aromatic heterocycles. The van der Waals surface area contributed by atoms with Gasteiger partial charge in [0.05, 0.1) is 0 Å². The lowest BCUT2D eigenvalue weighted by molar-refractivity contribution is -0.114. The lowest BCUT2D eigenvalue weighted by atomic mass is 10.3. The standard InChI is InChI=1S/C14H20F2N4O2/c1-2-22-7-3-6-18-14(17)19-9-13(21)20-10-4-5-11(15)12(16)8-10/h4-5,8H,2-3,6-7,9H2,1H3,(H,20,21)(H3,17,18,19). The molecule has 0 saturated heterocycles. The van der Waals surface area contributed by atoms with E-state index in [2.05, 4.69) is 15.6 Å². The number of hydrogen-bond donors (Lipinski definition) is 3. The molecule has 0 saturated carbocycles. The van der Waals surface area contributed by atoms with Crippen LogP contribution >= 0.6 is 0 Å². The van der Waals surface area contributed by atoms with E-state index in [1.165, 1.54) is 6.07 Å². The Morgan fingerprint density at radius 1 is 1.36 bits per heavy atom. The van der Waals surface area contributed by atoms with Gasteiger partial charge in [0, 0.05) is 31.5 Å². The molecule has 122 valence electrons. The molecule has 1 aromatic rings. The number of guanidine groups is 1. The predicted molar refractivity (Wildman–Crippen MR) is 80.6 cm³/mol. The summed E-state index contributed by atoms with van der Waals surface area (Å²) in [4.78, 5) is 15.4. The Kier molecular flexibility index (Phi) is 7.84.